The van der Waals surface area contributed by atoms with Crippen LogP contribution in [0.3, 0.4) is 0 Å². The second-order valence-electron chi connectivity index (χ2n) is 5.26. The molecule has 0 radical (unpaired) electrons. The predicted molar refractivity (Wildman–Crippen MR) is 56.6 cm³/mol. The topological polar surface area (TPSA) is 32.6 Å². The van der Waals surface area contributed by atoms with Crippen molar-refractivity contribution >= 4 is 18.3 Å². The van der Waals surface area contributed by atoms with Crippen molar-refractivity contribution in [3.8, 4) is 0 Å². The van der Waals surface area contributed by atoms with E-state index < -0.39 is 0 Å². The largest absolute Gasteiger partial charge is 0.411 e. The summed E-state index contributed by atoms with van der Waals surface area (Å²) < 4.78 is -0.191. The molecule has 0 heterocycles. The van der Waals surface area contributed by atoms with Gasteiger partial charge in [-0.15, -0.1) is 0 Å². The second kappa shape index (κ2) is 2.44. The Morgan fingerprint density at radius 1 is 1.38 bits per heavy atom. The monoisotopic (exact) mass is 199 g/mol. The molecule has 74 valence electrons. The highest BCUT2D eigenvalue weighted by Gasteiger charge is 2.62. The van der Waals surface area contributed by atoms with Crippen molar-refractivity contribution in [2.45, 2.75) is 38.4 Å². The number of rotatable bonds is 0. The van der Waals surface area contributed by atoms with Gasteiger partial charge in [-0.25, -0.2) is 0 Å². The van der Waals surface area contributed by atoms with E-state index in [0.717, 1.165) is 30.4 Å². The molecule has 0 saturated heterocycles. The van der Waals surface area contributed by atoms with Gasteiger partial charge in [-0.2, -0.15) is 12.6 Å². The van der Waals surface area contributed by atoms with Crippen LogP contribution >= 0.6 is 12.6 Å². The average Bonchev–Trinajstić information content (AvgIpc) is 2.50. The molecule has 2 fully saturated rings. The minimum atomic E-state index is -0.191. The molecule has 2 aliphatic rings. The zero-order valence-electron chi connectivity index (χ0n) is 8.41. The van der Waals surface area contributed by atoms with Gasteiger partial charge < -0.3 is 5.21 Å². The van der Waals surface area contributed by atoms with Gasteiger partial charge in [0.2, 0.25) is 0 Å². The summed E-state index contributed by atoms with van der Waals surface area (Å²) in [4.78, 5) is 0. The van der Waals surface area contributed by atoms with Gasteiger partial charge in [0.1, 0.15) is 0 Å². The fraction of sp³-hybridized carbons (Fsp3) is 0.900. The van der Waals surface area contributed by atoms with Gasteiger partial charge in [-0.1, -0.05) is 19.0 Å². The molecule has 2 saturated carbocycles. The van der Waals surface area contributed by atoms with E-state index in [1.54, 1.807) is 0 Å². The van der Waals surface area contributed by atoms with E-state index in [4.69, 9.17) is 5.21 Å². The van der Waals surface area contributed by atoms with Crippen molar-refractivity contribution in [3.63, 3.8) is 0 Å². The molecular formula is C10H17NOS. The Balaban J connectivity index is 2.22. The summed E-state index contributed by atoms with van der Waals surface area (Å²) in [6, 6.07) is 0. The maximum absolute atomic E-state index is 8.87. The minimum absolute atomic E-state index is 0.191. The smallest absolute Gasteiger partial charge is 0.0728 e. The summed E-state index contributed by atoms with van der Waals surface area (Å²) in [5, 5.41) is 12.3. The van der Waals surface area contributed by atoms with Crippen molar-refractivity contribution in [2.75, 3.05) is 0 Å². The first kappa shape index (κ1) is 9.38. The van der Waals surface area contributed by atoms with Crippen LogP contribution in [-0.2, 0) is 0 Å². The fourth-order valence-corrected chi connectivity index (χ4v) is 3.12. The molecule has 3 atom stereocenters. The van der Waals surface area contributed by atoms with E-state index in [-0.39, 0.29) is 4.75 Å². The first-order chi connectivity index (χ1) is 5.89. The molecule has 0 aliphatic heterocycles. The van der Waals surface area contributed by atoms with E-state index in [9.17, 15) is 0 Å². The molecule has 0 unspecified atom stereocenters. The van der Waals surface area contributed by atoms with Crippen LogP contribution in [0.25, 0.3) is 0 Å². The summed E-state index contributed by atoms with van der Waals surface area (Å²) in [6.07, 6.45) is 1.97. The number of oxime groups is 1. The lowest BCUT2D eigenvalue weighted by atomic mass is 9.88. The van der Waals surface area contributed by atoms with Gasteiger partial charge >= 0.3 is 0 Å². The molecule has 3 heteroatoms. The summed E-state index contributed by atoms with van der Waals surface area (Å²) in [5.41, 5.74) is 1.30. The molecule has 2 nitrogen and oxygen atoms in total. The number of hydrogen-bond donors (Lipinski definition) is 2. The van der Waals surface area contributed by atoms with Gasteiger partial charge in [0.25, 0.3) is 0 Å². The summed E-state index contributed by atoms with van der Waals surface area (Å²) in [5.74, 6) is 1.50. The van der Waals surface area contributed by atoms with Gasteiger partial charge in [0.15, 0.2) is 0 Å². The van der Waals surface area contributed by atoms with Gasteiger partial charge in [0, 0.05) is 0 Å². The van der Waals surface area contributed by atoms with Gasteiger partial charge in [0.05, 0.1) is 10.5 Å². The number of fused-ring (bicyclic) bond motifs is 1. The molecule has 0 bridgehead atoms. The molecule has 13 heavy (non-hydrogen) atoms. The van der Waals surface area contributed by atoms with E-state index in [1.165, 1.54) is 0 Å². The van der Waals surface area contributed by atoms with E-state index >= 15 is 0 Å². The highest BCUT2D eigenvalue weighted by Crippen LogP contribution is 2.66. The Bertz CT molecular complexity index is 270. The van der Waals surface area contributed by atoms with E-state index in [0.29, 0.717) is 5.41 Å². The summed E-state index contributed by atoms with van der Waals surface area (Å²) in [6.45, 7) is 6.65. The highest BCUT2D eigenvalue weighted by atomic mass is 32.1. The van der Waals surface area contributed by atoms with Crippen LogP contribution < -0.4 is 0 Å². The van der Waals surface area contributed by atoms with Crippen molar-refractivity contribution in [2.24, 2.45) is 22.4 Å². The lowest BCUT2D eigenvalue weighted by Gasteiger charge is -2.28. The lowest BCUT2D eigenvalue weighted by molar-refractivity contribution is 0.311. The van der Waals surface area contributed by atoms with Crippen LogP contribution in [-0.4, -0.2) is 15.7 Å². The van der Waals surface area contributed by atoms with Gasteiger partial charge in [-0.3, -0.25) is 0 Å². The zero-order chi connectivity index (χ0) is 9.85. The number of nitrogens with zero attached hydrogens (tertiary/aromatic N) is 1. The van der Waals surface area contributed by atoms with Crippen LogP contribution in [0, 0.1) is 17.3 Å². The molecule has 0 aromatic carbocycles. The maximum atomic E-state index is 8.87. The number of thiol groups is 1. The first-order valence-corrected chi connectivity index (χ1v) is 5.28. The molecule has 0 aromatic heterocycles. The van der Waals surface area contributed by atoms with Crippen molar-refractivity contribution in [1.82, 2.24) is 0 Å². The molecule has 2 aliphatic carbocycles. The van der Waals surface area contributed by atoms with Crippen molar-refractivity contribution < 1.29 is 5.21 Å². The Labute approximate surface area is 84.8 Å². The number of hydrogen-bond acceptors (Lipinski definition) is 3. The zero-order valence-corrected chi connectivity index (χ0v) is 9.30. The SMILES string of the molecule is CC1(C)[C@@H]2C/C(=N\O)[C@@](C)(S)C[C@@H]21. The Morgan fingerprint density at radius 2 is 2.00 bits per heavy atom. The quantitative estimate of drug-likeness (QED) is 0.351. The van der Waals surface area contributed by atoms with Gasteiger partial charge in [-0.05, 0) is 37.0 Å². The molecule has 1 N–H and O–H groups in total. The summed E-state index contributed by atoms with van der Waals surface area (Å²) in [7, 11) is 0. The third-order valence-corrected chi connectivity index (χ3v) is 4.50. The third kappa shape index (κ3) is 1.20. The van der Waals surface area contributed by atoms with Crippen molar-refractivity contribution in [1.29, 1.82) is 0 Å². The lowest BCUT2D eigenvalue weighted by Crippen LogP contribution is -2.33. The Morgan fingerprint density at radius 3 is 2.54 bits per heavy atom. The van der Waals surface area contributed by atoms with Crippen LogP contribution in [0.2, 0.25) is 0 Å². The standard InChI is InChI=1S/C10H17NOS/c1-9(2)6-4-8(11-12)10(3,13)5-7(6)9/h6-7,12-13H,4-5H2,1-3H3/b11-8+/t6-,7+,10+/m1/s1. The van der Waals surface area contributed by atoms with Crippen LogP contribution in [0.15, 0.2) is 5.16 Å². The molecule has 0 spiro atoms. The van der Waals surface area contributed by atoms with Crippen LogP contribution in [0.1, 0.15) is 33.6 Å². The van der Waals surface area contributed by atoms with E-state index in [1.807, 2.05) is 0 Å². The Kier molecular flexibility index (Phi) is 1.76. The summed E-state index contributed by atoms with van der Waals surface area (Å²) >= 11 is 4.57. The van der Waals surface area contributed by atoms with Crippen LogP contribution in [0.4, 0.5) is 0 Å². The second-order valence-corrected chi connectivity index (χ2v) is 6.25. The predicted octanol–water partition coefficient (Wildman–Crippen LogP) is 2.57. The maximum Gasteiger partial charge on any atom is 0.0728 e. The normalized spacial score (nSPS) is 50.3. The highest BCUT2D eigenvalue weighted by molar-refractivity contribution is 7.82. The molecule has 2 rings (SSSR count). The molecular weight excluding hydrogens is 182 g/mol. The van der Waals surface area contributed by atoms with E-state index in [2.05, 4.69) is 38.6 Å². The average molecular weight is 199 g/mol. The Hall–Kier alpha value is -0.180. The molecule has 0 aromatic rings. The van der Waals surface area contributed by atoms with Crippen molar-refractivity contribution in [3.05, 3.63) is 0 Å². The molecule has 0 amide bonds. The first-order valence-electron chi connectivity index (χ1n) is 4.83. The minimum Gasteiger partial charge on any atom is -0.411 e. The third-order valence-electron chi connectivity index (χ3n) is 4.06. The fourth-order valence-electron chi connectivity index (χ4n) is 2.79. The van der Waals surface area contributed by atoms with Crippen LogP contribution in [0.5, 0.6) is 0 Å².